The number of rotatable bonds is 4. The highest BCUT2D eigenvalue weighted by atomic mass is 35.5. The highest BCUT2D eigenvalue weighted by Gasteiger charge is 2.34. The van der Waals surface area contributed by atoms with E-state index in [9.17, 15) is 4.79 Å². The van der Waals surface area contributed by atoms with Crippen molar-refractivity contribution in [1.82, 2.24) is 9.55 Å². The molecule has 1 aromatic heterocycles. The first-order valence-electron chi connectivity index (χ1n) is 10.1. The summed E-state index contributed by atoms with van der Waals surface area (Å²) < 4.78 is 2.27. The van der Waals surface area contributed by atoms with Crippen molar-refractivity contribution >= 4 is 34.2 Å². The van der Waals surface area contributed by atoms with Gasteiger partial charge in [-0.25, -0.2) is 4.98 Å². The molecule has 0 N–H and O–H groups in total. The second-order valence-corrected chi connectivity index (χ2v) is 8.36. The van der Waals surface area contributed by atoms with E-state index in [1.165, 1.54) is 11.1 Å². The van der Waals surface area contributed by atoms with Crippen LogP contribution in [0, 0.1) is 6.92 Å². The first-order valence-corrected chi connectivity index (χ1v) is 10.5. The number of nitrogens with zero attached hydrogens (tertiary/aromatic N) is 3. The molecule has 0 radical (unpaired) electrons. The van der Waals surface area contributed by atoms with Crippen molar-refractivity contribution in [2.24, 2.45) is 0 Å². The molecule has 150 valence electrons. The van der Waals surface area contributed by atoms with Crippen LogP contribution >= 0.6 is 11.6 Å². The first-order chi connectivity index (χ1) is 14.6. The van der Waals surface area contributed by atoms with Crippen molar-refractivity contribution < 1.29 is 4.79 Å². The number of carbonyl (C=O) groups excluding carboxylic acids is 1. The number of hydrogen-bond donors (Lipinski definition) is 0. The number of benzene rings is 3. The van der Waals surface area contributed by atoms with Crippen molar-refractivity contribution in [3.63, 3.8) is 0 Å². The van der Waals surface area contributed by atoms with Crippen molar-refractivity contribution in [2.45, 2.75) is 25.8 Å². The summed E-state index contributed by atoms with van der Waals surface area (Å²) in [4.78, 5) is 19.6. The number of anilines is 1. The van der Waals surface area contributed by atoms with Gasteiger partial charge in [-0.05, 0) is 42.8 Å². The topological polar surface area (TPSA) is 38.1 Å². The Kier molecular flexibility index (Phi) is 4.80. The zero-order valence-corrected chi connectivity index (χ0v) is 17.5. The molecule has 4 aromatic rings. The van der Waals surface area contributed by atoms with E-state index in [0.29, 0.717) is 18.0 Å². The molecule has 5 rings (SSSR count). The molecule has 1 unspecified atom stereocenters. The fraction of sp³-hybridized carbons (Fsp3) is 0.200. The van der Waals surface area contributed by atoms with Gasteiger partial charge in [0, 0.05) is 36.1 Å². The maximum atomic E-state index is 12.8. The number of aryl methyl sites for hydroxylation is 1. The van der Waals surface area contributed by atoms with Crippen LogP contribution in [0.15, 0.2) is 72.8 Å². The predicted molar refractivity (Wildman–Crippen MR) is 121 cm³/mol. The number of hydrogen-bond acceptors (Lipinski definition) is 2. The quantitative estimate of drug-likeness (QED) is 0.437. The van der Waals surface area contributed by atoms with Crippen molar-refractivity contribution in [3.8, 4) is 0 Å². The summed E-state index contributed by atoms with van der Waals surface area (Å²) in [5.74, 6) is 1.11. The van der Waals surface area contributed by atoms with Crippen molar-refractivity contribution in [1.29, 1.82) is 0 Å². The summed E-state index contributed by atoms with van der Waals surface area (Å²) in [6.45, 7) is 3.45. The minimum Gasteiger partial charge on any atom is -0.323 e. The molecule has 1 aliphatic rings. The maximum Gasteiger partial charge on any atom is 0.227 e. The molecule has 3 aromatic carbocycles. The van der Waals surface area contributed by atoms with Crippen LogP contribution in [0.2, 0.25) is 5.02 Å². The minimum atomic E-state index is 0.0358. The monoisotopic (exact) mass is 415 g/mol. The number of amides is 1. The fourth-order valence-electron chi connectivity index (χ4n) is 4.34. The first kappa shape index (κ1) is 18.9. The SMILES string of the molecule is Cc1cccc(Cn2c(C3CC(=O)N(c4cccc(Cl)c4)C3)nc3ccccc32)c1. The van der Waals surface area contributed by atoms with Gasteiger partial charge in [-0.3, -0.25) is 4.79 Å². The molecule has 2 heterocycles. The van der Waals surface area contributed by atoms with Gasteiger partial charge in [0.15, 0.2) is 0 Å². The lowest BCUT2D eigenvalue weighted by molar-refractivity contribution is -0.117. The zero-order valence-electron chi connectivity index (χ0n) is 16.8. The summed E-state index contributed by atoms with van der Waals surface area (Å²) in [5.41, 5.74) is 5.38. The lowest BCUT2D eigenvalue weighted by Crippen LogP contribution is -2.24. The van der Waals surface area contributed by atoms with E-state index < -0.39 is 0 Å². The molecular formula is C25H22ClN3O. The standard InChI is InChI=1S/C25H22ClN3O/c1-17-6-4-7-18(12-17)15-29-23-11-3-2-10-22(23)27-25(29)19-13-24(30)28(16-19)21-9-5-8-20(26)14-21/h2-12,14,19H,13,15-16H2,1H3. The summed E-state index contributed by atoms with van der Waals surface area (Å²) in [7, 11) is 0. The number of halogens is 1. The lowest BCUT2D eigenvalue weighted by atomic mass is 10.1. The molecule has 1 fully saturated rings. The smallest absolute Gasteiger partial charge is 0.227 e. The number of para-hydroxylation sites is 2. The van der Waals surface area contributed by atoms with Crippen LogP contribution in [0.5, 0.6) is 0 Å². The molecule has 5 heteroatoms. The predicted octanol–water partition coefficient (Wildman–Crippen LogP) is 5.57. The van der Waals surface area contributed by atoms with E-state index in [4.69, 9.17) is 16.6 Å². The summed E-state index contributed by atoms with van der Waals surface area (Å²) in [5, 5.41) is 0.635. The van der Waals surface area contributed by atoms with E-state index in [1.54, 1.807) is 0 Å². The normalized spacial score (nSPS) is 16.5. The molecule has 1 aliphatic heterocycles. The van der Waals surface area contributed by atoms with Crippen LogP contribution < -0.4 is 4.90 Å². The molecule has 30 heavy (non-hydrogen) atoms. The summed E-state index contributed by atoms with van der Waals surface area (Å²) in [6, 6.07) is 24.2. The van der Waals surface area contributed by atoms with E-state index in [-0.39, 0.29) is 11.8 Å². The van der Waals surface area contributed by atoms with Crippen LogP contribution in [0.1, 0.15) is 29.3 Å². The van der Waals surface area contributed by atoms with E-state index >= 15 is 0 Å². The van der Waals surface area contributed by atoms with Gasteiger partial charge in [-0.1, -0.05) is 59.6 Å². The second kappa shape index (κ2) is 7.62. The Balaban J connectivity index is 1.53. The summed E-state index contributed by atoms with van der Waals surface area (Å²) >= 11 is 6.15. The number of imidazole rings is 1. The molecular weight excluding hydrogens is 394 g/mol. The van der Waals surface area contributed by atoms with Gasteiger partial charge >= 0.3 is 0 Å². The van der Waals surface area contributed by atoms with Crippen molar-refractivity contribution in [3.05, 3.63) is 94.8 Å². The number of carbonyl (C=O) groups is 1. The Bertz CT molecular complexity index is 1250. The molecule has 1 saturated heterocycles. The van der Waals surface area contributed by atoms with Crippen LogP contribution in [-0.4, -0.2) is 22.0 Å². The van der Waals surface area contributed by atoms with Gasteiger partial charge in [0.05, 0.1) is 11.0 Å². The number of fused-ring (bicyclic) bond motifs is 1. The van der Waals surface area contributed by atoms with Gasteiger partial charge in [-0.15, -0.1) is 0 Å². The lowest BCUT2D eigenvalue weighted by Gasteiger charge is -2.18. The Labute approximate surface area is 180 Å². The molecule has 0 saturated carbocycles. The van der Waals surface area contributed by atoms with Gasteiger partial charge in [0.2, 0.25) is 5.91 Å². The van der Waals surface area contributed by atoms with Crippen molar-refractivity contribution in [2.75, 3.05) is 11.4 Å². The molecule has 4 nitrogen and oxygen atoms in total. The third-order valence-electron chi connectivity index (χ3n) is 5.72. The van der Waals surface area contributed by atoms with Gasteiger partial charge in [-0.2, -0.15) is 0 Å². The molecule has 1 atom stereocenters. The molecule has 0 aliphatic carbocycles. The Hall–Kier alpha value is -3.11. The van der Waals surface area contributed by atoms with E-state index in [0.717, 1.165) is 29.1 Å². The van der Waals surface area contributed by atoms with Gasteiger partial charge in [0.25, 0.3) is 0 Å². The van der Waals surface area contributed by atoms with E-state index in [1.807, 2.05) is 47.4 Å². The third-order valence-corrected chi connectivity index (χ3v) is 5.95. The highest BCUT2D eigenvalue weighted by Crippen LogP contribution is 2.34. The molecule has 1 amide bonds. The van der Waals surface area contributed by atoms with Crippen LogP contribution in [-0.2, 0) is 11.3 Å². The van der Waals surface area contributed by atoms with Crippen LogP contribution in [0.25, 0.3) is 11.0 Å². The molecule has 0 spiro atoms. The number of aromatic nitrogens is 2. The maximum absolute atomic E-state index is 12.8. The highest BCUT2D eigenvalue weighted by molar-refractivity contribution is 6.30. The second-order valence-electron chi connectivity index (χ2n) is 7.92. The van der Waals surface area contributed by atoms with Gasteiger partial charge in [0.1, 0.15) is 5.82 Å². The molecule has 0 bridgehead atoms. The van der Waals surface area contributed by atoms with Crippen LogP contribution in [0.3, 0.4) is 0 Å². The fourth-order valence-corrected chi connectivity index (χ4v) is 4.52. The largest absolute Gasteiger partial charge is 0.323 e. The average Bonchev–Trinajstić information content (AvgIpc) is 3.29. The zero-order chi connectivity index (χ0) is 20.7. The van der Waals surface area contributed by atoms with E-state index in [2.05, 4.69) is 41.8 Å². The average molecular weight is 416 g/mol. The Morgan fingerprint density at radius 2 is 1.87 bits per heavy atom. The van der Waals surface area contributed by atoms with Crippen LogP contribution in [0.4, 0.5) is 5.69 Å². The third kappa shape index (κ3) is 3.48. The Morgan fingerprint density at radius 3 is 2.70 bits per heavy atom. The van der Waals surface area contributed by atoms with Gasteiger partial charge < -0.3 is 9.47 Å². The minimum absolute atomic E-state index is 0.0358. The summed E-state index contributed by atoms with van der Waals surface area (Å²) in [6.07, 6.45) is 0.448. The Morgan fingerprint density at radius 1 is 1.03 bits per heavy atom.